The van der Waals surface area contributed by atoms with Crippen LogP contribution >= 0.6 is 0 Å². The minimum absolute atomic E-state index is 0.0226. The summed E-state index contributed by atoms with van der Waals surface area (Å²) in [5, 5.41) is 13.0. The summed E-state index contributed by atoms with van der Waals surface area (Å²) in [6, 6.07) is 6.20. The highest BCUT2D eigenvalue weighted by molar-refractivity contribution is 7.90. The number of amides is 2. The number of hydrogen-bond donors (Lipinski definition) is 4. The second-order valence-electron chi connectivity index (χ2n) is 7.83. The van der Waals surface area contributed by atoms with E-state index in [2.05, 4.69) is 20.8 Å². The Hall–Kier alpha value is -3.28. The molecular formula is C19H23N5O6S. The molecule has 1 aliphatic carbocycles. The SMILES string of the molecule is CC(C)NC(=O)O[C@@H]1CC[C@H](c2cc(Nc3ccc4c(c3)OC(=O)NS4(=O)=O)n[nH]2)C1. The van der Waals surface area contributed by atoms with E-state index >= 15 is 0 Å². The van der Waals surface area contributed by atoms with Crippen LogP contribution in [0.1, 0.15) is 44.7 Å². The van der Waals surface area contributed by atoms with Crippen LogP contribution in [0.15, 0.2) is 29.2 Å². The van der Waals surface area contributed by atoms with Crippen molar-refractivity contribution in [1.29, 1.82) is 0 Å². The van der Waals surface area contributed by atoms with Crippen LogP contribution in [0.5, 0.6) is 5.75 Å². The molecule has 2 atom stereocenters. The topological polar surface area (TPSA) is 152 Å². The third kappa shape index (κ3) is 4.74. The molecule has 0 bridgehead atoms. The second-order valence-corrected chi connectivity index (χ2v) is 9.48. The Bertz CT molecular complexity index is 1110. The van der Waals surface area contributed by atoms with E-state index in [-0.39, 0.29) is 28.7 Å². The van der Waals surface area contributed by atoms with E-state index in [0.29, 0.717) is 17.9 Å². The zero-order valence-electron chi connectivity index (χ0n) is 17.0. The molecule has 0 spiro atoms. The van der Waals surface area contributed by atoms with Gasteiger partial charge in [0.15, 0.2) is 11.6 Å². The number of nitrogens with one attached hydrogen (secondary N) is 4. The Morgan fingerprint density at radius 1 is 1.29 bits per heavy atom. The van der Waals surface area contributed by atoms with Crippen LogP contribution in [-0.2, 0) is 14.8 Å². The molecule has 1 saturated carbocycles. The number of carbonyl (C=O) groups is 2. The Morgan fingerprint density at radius 3 is 2.87 bits per heavy atom. The third-order valence-corrected chi connectivity index (χ3v) is 6.38. The van der Waals surface area contributed by atoms with Gasteiger partial charge in [0.2, 0.25) is 0 Å². The normalized spacial score (nSPS) is 21.7. The summed E-state index contributed by atoms with van der Waals surface area (Å²) in [6.07, 6.45) is 0.740. The third-order valence-electron chi connectivity index (χ3n) is 5.03. The first-order valence-electron chi connectivity index (χ1n) is 9.88. The van der Waals surface area contributed by atoms with Crippen molar-refractivity contribution in [3.05, 3.63) is 30.0 Å². The van der Waals surface area contributed by atoms with Gasteiger partial charge in [-0.25, -0.2) is 22.7 Å². The van der Waals surface area contributed by atoms with E-state index in [9.17, 15) is 18.0 Å². The number of benzene rings is 1. The first-order valence-corrected chi connectivity index (χ1v) is 11.4. The van der Waals surface area contributed by atoms with Gasteiger partial charge in [0.05, 0.1) is 0 Å². The maximum Gasteiger partial charge on any atom is 0.426 e. The highest BCUT2D eigenvalue weighted by Crippen LogP contribution is 2.36. The van der Waals surface area contributed by atoms with Gasteiger partial charge >= 0.3 is 12.2 Å². The number of hydrogen-bond acceptors (Lipinski definition) is 8. The van der Waals surface area contributed by atoms with Crippen molar-refractivity contribution in [2.75, 3.05) is 5.32 Å². The molecule has 2 aliphatic rings. The molecule has 0 radical (unpaired) electrons. The molecule has 12 heteroatoms. The van der Waals surface area contributed by atoms with Crippen molar-refractivity contribution in [3.8, 4) is 5.75 Å². The van der Waals surface area contributed by atoms with E-state index in [0.717, 1.165) is 18.5 Å². The van der Waals surface area contributed by atoms with E-state index in [1.165, 1.54) is 12.1 Å². The van der Waals surface area contributed by atoms with Crippen LogP contribution in [0.25, 0.3) is 0 Å². The Labute approximate surface area is 178 Å². The standard InChI is InChI=1S/C19H23N5O6S/c1-10(2)20-18(25)29-13-5-3-11(7-13)14-9-17(23-22-14)21-12-4-6-16-15(8-12)30-19(26)24-31(16,27)28/h4,6,8-11,13H,3,5,7H2,1-2H3,(H,20,25)(H,24,26)(H2,21,22,23)/t11-,13+/m0/s1. The highest BCUT2D eigenvalue weighted by Gasteiger charge is 2.31. The van der Waals surface area contributed by atoms with Gasteiger partial charge in [0, 0.05) is 35.5 Å². The van der Waals surface area contributed by atoms with Gasteiger partial charge in [-0.15, -0.1) is 0 Å². The van der Waals surface area contributed by atoms with Crippen LogP contribution < -0.4 is 20.1 Å². The predicted octanol–water partition coefficient (Wildman–Crippen LogP) is 2.71. The Morgan fingerprint density at radius 2 is 2.10 bits per heavy atom. The van der Waals surface area contributed by atoms with Gasteiger partial charge in [0.25, 0.3) is 10.0 Å². The molecule has 11 nitrogen and oxygen atoms in total. The number of alkyl carbamates (subject to hydrolysis) is 1. The molecule has 0 unspecified atom stereocenters. The summed E-state index contributed by atoms with van der Waals surface area (Å²) in [7, 11) is -3.92. The second kappa shape index (κ2) is 8.10. The van der Waals surface area contributed by atoms with Crippen molar-refractivity contribution < 1.29 is 27.5 Å². The number of aromatic amines is 1. The fourth-order valence-electron chi connectivity index (χ4n) is 3.68. The van der Waals surface area contributed by atoms with Gasteiger partial charge in [0.1, 0.15) is 11.0 Å². The maximum atomic E-state index is 12.0. The summed E-state index contributed by atoms with van der Waals surface area (Å²) in [4.78, 5) is 23.1. The molecule has 0 saturated heterocycles. The first-order chi connectivity index (χ1) is 14.7. The largest absolute Gasteiger partial charge is 0.446 e. The van der Waals surface area contributed by atoms with Crippen molar-refractivity contribution in [1.82, 2.24) is 20.2 Å². The van der Waals surface area contributed by atoms with E-state index < -0.39 is 22.2 Å². The van der Waals surface area contributed by atoms with Crippen LogP contribution in [0, 0.1) is 0 Å². The van der Waals surface area contributed by atoms with Gasteiger partial charge in [-0.05, 0) is 45.2 Å². The Kier molecular flexibility index (Phi) is 5.48. The smallest absolute Gasteiger partial charge is 0.426 e. The molecule has 1 fully saturated rings. The quantitative estimate of drug-likeness (QED) is 0.544. The molecule has 4 rings (SSSR count). The van der Waals surface area contributed by atoms with E-state index in [1.807, 2.05) is 19.9 Å². The minimum Gasteiger partial charge on any atom is -0.446 e. The van der Waals surface area contributed by atoms with Crippen LogP contribution in [0.4, 0.5) is 21.1 Å². The van der Waals surface area contributed by atoms with Gasteiger partial charge in [-0.3, -0.25) is 5.10 Å². The van der Waals surface area contributed by atoms with Gasteiger partial charge in [-0.1, -0.05) is 0 Å². The maximum absolute atomic E-state index is 12.0. The number of aromatic nitrogens is 2. The van der Waals surface area contributed by atoms with E-state index in [1.54, 1.807) is 10.8 Å². The monoisotopic (exact) mass is 449 g/mol. The summed E-state index contributed by atoms with van der Waals surface area (Å²) in [5.74, 6) is 0.653. The number of anilines is 2. The summed E-state index contributed by atoms with van der Waals surface area (Å²) < 4.78 is 36.1. The van der Waals surface area contributed by atoms with Crippen LogP contribution in [0.2, 0.25) is 0 Å². The molecule has 1 aromatic heterocycles. The van der Waals surface area contributed by atoms with Crippen LogP contribution in [-0.4, -0.2) is 42.9 Å². The number of carbonyl (C=O) groups excluding carboxylic acids is 2. The average Bonchev–Trinajstić information content (AvgIpc) is 3.29. The van der Waals surface area contributed by atoms with Crippen molar-refractivity contribution in [2.24, 2.45) is 0 Å². The number of fused-ring (bicyclic) bond motifs is 1. The molecule has 4 N–H and O–H groups in total. The van der Waals surface area contributed by atoms with Gasteiger partial charge < -0.3 is 20.1 Å². The lowest BCUT2D eigenvalue weighted by Crippen LogP contribution is -2.37. The van der Waals surface area contributed by atoms with Crippen molar-refractivity contribution in [3.63, 3.8) is 0 Å². The molecule has 2 heterocycles. The first kappa shape index (κ1) is 21.0. The number of nitrogens with zero attached hydrogens (tertiary/aromatic N) is 1. The zero-order valence-corrected chi connectivity index (χ0v) is 17.8. The fourth-order valence-corrected chi connectivity index (χ4v) is 4.67. The van der Waals surface area contributed by atoms with Crippen LogP contribution in [0.3, 0.4) is 0 Å². The molecule has 2 amide bonds. The fraction of sp³-hybridized carbons (Fsp3) is 0.421. The lowest BCUT2D eigenvalue weighted by molar-refractivity contribution is 0.0981. The summed E-state index contributed by atoms with van der Waals surface area (Å²) >= 11 is 0. The predicted molar refractivity (Wildman–Crippen MR) is 110 cm³/mol. The number of H-pyrrole nitrogens is 1. The molecule has 166 valence electrons. The van der Waals surface area contributed by atoms with Gasteiger partial charge in [-0.2, -0.15) is 5.10 Å². The zero-order chi connectivity index (χ0) is 22.2. The molecule has 31 heavy (non-hydrogen) atoms. The lowest BCUT2D eigenvalue weighted by Gasteiger charge is -2.17. The summed E-state index contributed by atoms with van der Waals surface area (Å²) in [5.41, 5.74) is 1.42. The Balaban J connectivity index is 1.40. The number of sulfonamides is 1. The molecule has 1 aliphatic heterocycles. The number of ether oxygens (including phenoxy) is 2. The van der Waals surface area contributed by atoms with Crippen molar-refractivity contribution >= 4 is 33.7 Å². The molecular weight excluding hydrogens is 426 g/mol. The van der Waals surface area contributed by atoms with E-state index in [4.69, 9.17) is 9.47 Å². The average molecular weight is 449 g/mol. The highest BCUT2D eigenvalue weighted by atomic mass is 32.2. The molecule has 2 aromatic rings. The molecule has 1 aromatic carbocycles. The summed E-state index contributed by atoms with van der Waals surface area (Å²) in [6.45, 7) is 3.75. The number of rotatable bonds is 5. The van der Waals surface area contributed by atoms with Crippen molar-refractivity contribution in [2.45, 2.75) is 56.1 Å². The minimum atomic E-state index is -3.92. The lowest BCUT2D eigenvalue weighted by atomic mass is 10.0.